The van der Waals surface area contributed by atoms with Gasteiger partial charge in [0.25, 0.3) is 0 Å². The number of nitrogens with one attached hydrogen (secondary N) is 1. The molecule has 2 heterocycles. The third kappa shape index (κ3) is 2.74. The first-order valence-corrected chi connectivity index (χ1v) is 10.4. The number of ether oxygens (including phenoxy) is 1. The van der Waals surface area contributed by atoms with Crippen molar-refractivity contribution in [1.29, 1.82) is 0 Å². The highest BCUT2D eigenvalue weighted by Gasteiger charge is 2.38. The SMILES string of the molecule is Clc1cccc2c1N[C@H](c1ccc(OC3CSC3)cc1)[C@H]1CC=C[C@@H]21. The molecule has 0 aromatic heterocycles. The van der Waals surface area contributed by atoms with Gasteiger partial charge in [0.15, 0.2) is 0 Å². The highest BCUT2D eigenvalue weighted by molar-refractivity contribution is 8.00. The Morgan fingerprint density at radius 3 is 2.68 bits per heavy atom. The van der Waals surface area contributed by atoms with E-state index in [4.69, 9.17) is 16.3 Å². The highest BCUT2D eigenvalue weighted by atomic mass is 35.5. The van der Waals surface area contributed by atoms with Gasteiger partial charge >= 0.3 is 0 Å². The van der Waals surface area contributed by atoms with E-state index in [1.165, 1.54) is 11.1 Å². The first-order valence-electron chi connectivity index (χ1n) is 8.85. The van der Waals surface area contributed by atoms with Gasteiger partial charge < -0.3 is 10.1 Å². The van der Waals surface area contributed by atoms with E-state index in [0.717, 1.165) is 34.4 Å². The lowest BCUT2D eigenvalue weighted by Crippen LogP contribution is -2.31. The summed E-state index contributed by atoms with van der Waals surface area (Å²) in [6.07, 6.45) is 6.15. The maximum Gasteiger partial charge on any atom is 0.119 e. The van der Waals surface area contributed by atoms with Gasteiger partial charge in [-0.05, 0) is 41.7 Å². The van der Waals surface area contributed by atoms with Crippen LogP contribution in [0.5, 0.6) is 5.75 Å². The van der Waals surface area contributed by atoms with Crippen LogP contribution >= 0.6 is 23.4 Å². The van der Waals surface area contributed by atoms with Crippen LogP contribution in [0.25, 0.3) is 0 Å². The summed E-state index contributed by atoms with van der Waals surface area (Å²) < 4.78 is 5.98. The number of anilines is 1. The second-order valence-corrected chi connectivity index (χ2v) is 8.51. The predicted molar refractivity (Wildman–Crippen MR) is 106 cm³/mol. The van der Waals surface area contributed by atoms with Crippen LogP contribution in [0.1, 0.15) is 29.5 Å². The number of hydrogen-bond acceptors (Lipinski definition) is 3. The Bertz CT molecular complexity index is 815. The molecule has 3 atom stereocenters. The van der Waals surface area contributed by atoms with E-state index in [2.05, 4.69) is 53.9 Å². The van der Waals surface area contributed by atoms with Crippen molar-refractivity contribution in [3.63, 3.8) is 0 Å². The van der Waals surface area contributed by atoms with Gasteiger partial charge in [0, 0.05) is 17.4 Å². The van der Waals surface area contributed by atoms with Gasteiger partial charge in [0.1, 0.15) is 11.9 Å². The lowest BCUT2D eigenvalue weighted by Gasteiger charge is -2.38. The minimum atomic E-state index is 0.278. The first kappa shape index (κ1) is 15.7. The quantitative estimate of drug-likeness (QED) is 0.705. The van der Waals surface area contributed by atoms with Crippen LogP contribution in [0.4, 0.5) is 5.69 Å². The molecule has 0 radical (unpaired) electrons. The zero-order valence-corrected chi connectivity index (χ0v) is 15.4. The molecule has 2 aromatic carbocycles. The van der Waals surface area contributed by atoms with Crippen LogP contribution in [0, 0.1) is 5.92 Å². The van der Waals surface area contributed by atoms with Crippen molar-refractivity contribution in [2.45, 2.75) is 24.5 Å². The number of thioether (sulfide) groups is 1. The van der Waals surface area contributed by atoms with Crippen LogP contribution in [0.2, 0.25) is 5.02 Å². The van der Waals surface area contributed by atoms with E-state index in [1.54, 1.807) is 0 Å². The molecule has 1 aliphatic carbocycles. The van der Waals surface area contributed by atoms with Crippen LogP contribution in [0.3, 0.4) is 0 Å². The van der Waals surface area contributed by atoms with Crippen LogP contribution in [0.15, 0.2) is 54.6 Å². The summed E-state index contributed by atoms with van der Waals surface area (Å²) in [5.74, 6) is 4.18. The summed E-state index contributed by atoms with van der Waals surface area (Å²) in [5.41, 5.74) is 3.72. The molecule has 1 fully saturated rings. The number of rotatable bonds is 3. The second-order valence-electron chi connectivity index (χ2n) is 7.03. The standard InChI is InChI=1S/C21H20ClNOS/c22-19-6-2-5-18-16-3-1-4-17(16)20(23-21(18)19)13-7-9-14(10-8-13)24-15-11-25-12-15/h1-3,5-10,15-17,20,23H,4,11-12H2/t16-,17+,20-/m1/s1. The van der Waals surface area contributed by atoms with E-state index in [1.807, 2.05) is 17.8 Å². The molecule has 4 heteroatoms. The third-order valence-corrected chi connectivity index (χ3v) is 7.03. The number of para-hydroxylation sites is 1. The van der Waals surface area contributed by atoms with Gasteiger partial charge in [-0.1, -0.05) is 48.0 Å². The molecule has 0 spiro atoms. The molecule has 25 heavy (non-hydrogen) atoms. The monoisotopic (exact) mass is 369 g/mol. The molecular weight excluding hydrogens is 350 g/mol. The Kier molecular flexibility index (Phi) is 3.94. The maximum absolute atomic E-state index is 6.48. The van der Waals surface area contributed by atoms with Crippen molar-refractivity contribution in [2.24, 2.45) is 5.92 Å². The predicted octanol–water partition coefficient (Wildman–Crippen LogP) is 5.66. The van der Waals surface area contributed by atoms with E-state index in [0.29, 0.717) is 17.9 Å². The molecule has 0 amide bonds. The lowest BCUT2D eigenvalue weighted by molar-refractivity contribution is 0.240. The normalized spacial score (nSPS) is 27.2. The van der Waals surface area contributed by atoms with Gasteiger partial charge in [0.2, 0.25) is 0 Å². The second kappa shape index (κ2) is 6.30. The fraction of sp³-hybridized carbons (Fsp3) is 0.333. The summed E-state index contributed by atoms with van der Waals surface area (Å²) in [4.78, 5) is 0. The molecule has 5 rings (SSSR count). The Morgan fingerprint density at radius 2 is 1.92 bits per heavy atom. The van der Waals surface area contributed by atoms with Crippen LogP contribution in [-0.2, 0) is 0 Å². The van der Waals surface area contributed by atoms with E-state index < -0.39 is 0 Å². The number of fused-ring (bicyclic) bond motifs is 3. The molecule has 0 bridgehead atoms. The largest absolute Gasteiger partial charge is 0.489 e. The molecule has 3 aliphatic rings. The first-order chi connectivity index (χ1) is 12.3. The summed E-state index contributed by atoms with van der Waals surface area (Å²) in [7, 11) is 0. The van der Waals surface area contributed by atoms with Crippen molar-refractivity contribution in [3.05, 3.63) is 70.8 Å². The molecule has 0 unspecified atom stereocenters. The smallest absolute Gasteiger partial charge is 0.119 e. The van der Waals surface area contributed by atoms with Gasteiger partial charge in [-0.15, -0.1) is 0 Å². The van der Waals surface area contributed by atoms with Crippen molar-refractivity contribution in [3.8, 4) is 5.75 Å². The highest BCUT2D eigenvalue weighted by Crippen LogP contribution is 2.51. The van der Waals surface area contributed by atoms with E-state index in [-0.39, 0.29) is 6.04 Å². The van der Waals surface area contributed by atoms with Gasteiger partial charge in [-0.3, -0.25) is 0 Å². The molecule has 2 nitrogen and oxygen atoms in total. The number of allylic oxidation sites excluding steroid dienone is 2. The molecule has 1 saturated heterocycles. The fourth-order valence-corrected chi connectivity index (χ4v) is 4.94. The molecule has 2 aromatic rings. The Hall–Kier alpha value is -1.58. The van der Waals surface area contributed by atoms with Crippen molar-refractivity contribution >= 4 is 29.1 Å². The minimum Gasteiger partial charge on any atom is -0.489 e. The van der Waals surface area contributed by atoms with E-state index in [9.17, 15) is 0 Å². The Morgan fingerprint density at radius 1 is 1.08 bits per heavy atom. The summed E-state index contributed by atoms with van der Waals surface area (Å²) in [5, 5.41) is 4.53. The zero-order valence-electron chi connectivity index (χ0n) is 13.8. The van der Waals surface area contributed by atoms with Crippen molar-refractivity contribution in [1.82, 2.24) is 0 Å². The fourth-order valence-electron chi connectivity index (χ4n) is 4.14. The molecule has 2 aliphatic heterocycles. The molecular formula is C21H20ClNOS. The summed E-state index contributed by atoms with van der Waals surface area (Å²) in [6.45, 7) is 0. The average molecular weight is 370 g/mol. The Balaban J connectivity index is 1.44. The maximum atomic E-state index is 6.48. The van der Waals surface area contributed by atoms with Crippen molar-refractivity contribution < 1.29 is 4.74 Å². The Labute approximate surface area is 157 Å². The van der Waals surface area contributed by atoms with Crippen LogP contribution in [-0.4, -0.2) is 17.6 Å². The lowest BCUT2D eigenvalue weighted by atomic mass is 9.77. The third-order valence-electron chi connectivity index (χ3n) is 5.50. The van der Waals surface area contributed by atoms with Gasteiger partial charge in [-0.25, -0.2) is 0 Å². The molecule has 128 valence electrons. The zero-order chi connectivity index (χ0) is 16.8. The van der Waals surface area contributed by atoms with Crippen LogP contribution < -0.4 is 10.1 Å². The van der Waals surface area contributed by atoms with Crippen molar-refractivity contribution in [2.75, 3.05) is 16.8 Å². The molecule has 0 saturated carbocycles. The number of halogens is 1. The molecule has 1 N–H and O–H groups in total. The summed E-state index contributed by atoms with van der Waals surface area (Å²) >= 11 is 8.42. The van der Waals surface area contributed by atoms with Gasteiger partial charge in [0.05, 0.1) is 16.8 Å². The minimum absolute atomic E-state index is 0.278. The summed E-state index contributed by atoms with van der Waals surface area (Å²) in [6, 6.07) is 15.1. The van der Waals surface area contributed by atoms with Gasteiger partial charge in [-0.2, -0.15) is 11.8 Å². The number of hydrogen-bond donors (Lipinski definition) is 1. The topological polar surface area (TPSA) is 21.3 Å². The van der Waals surface area contributed by atoms with E-state index >= 15 is 0 Å². The average Bonchev–Trinajstić information content (AvgIpc) is 3.09. The number of benzene rings is 2.